The largest absolute Gasteiger partial charge is 0.497 e. The lowest BCUT2D eigenvalue weighted by molar-refractivity contribution is -0.114. The molecule has 0 spiro atoms. The molecule has 0 fully saturated rings. The number of nitrogens with zero attached hydrogens (tertiary/aromatic N) is 1. The molecule has 0 unspecified atom stereocenters. The first-order chi connectivity index (χ1) is 20.0. The van der Waals surface area contributed by atoms with Crippen molar-refractivity contribution in [3.63, 3.8) is 0 Å². The number of esters is 2. The van der Waals surface area contributed by atoms with Gasteiger partial charge in [0.2, 0.25) is 5.91 Å². The van der Waals surface area contributed by atoms with E-state index in [9.17, 15) is 22.8 Å². The van der Waals surface area contributed by atoms with Gasteiger partial charge in [-0.25, -0.2) is 18.0 Å². The number of rotatable bonds is 12. The van der Waals surface area contributed by atoms with Gasteiger partial charge in [-0.3, -0.25) is 9.10 Å². The van der Waals surface area contributed by atoms with E-state index in [4.69, 9.17) is 28.4 Å². The van der Waals surface area contributed by atoms with Crippen LogP contribution in [-0.2, 0) is 24.3 Å². The van der Waals surface area contributed by atoms with Gasteiger partial charge in [-0.1, -0.05) is 0 Å². The van der Waals surface area contributed by atoms with Crippen LogP contribution < -0.4 is 28.6 Å². The molecule has 42 heavy (non-hydrogen) atoms. The minimum absolute atomic E-state index is 0.000321. The number of benzene rings is 3. The highest BCUT2D eigenvalue weighted by molar-refractivity contribution is 7.92. The van der Waals surface area contributed by atoms with E-state index in [1.165, 1.54) is 77.0 Å². The monoisotopic (exact) mass is 602 g/mol. The van der Waals surface area contributed by atoms with Gasteiger partial charge in [-0.15, -0.1) is 0 Å². The van der Waals surface area contributed by atoms with Crippen molar-refractivity contribution in [1.29, 1.82) is 0 Å². The first-order valence-electron chi connectivity index (χ1n) is 12.1. The third-order valence-electron chi connectivity index (χ3n) is 5.94. The Hall–Kier alpha value is -4.98. The molecule has 3 aromatic rings. The van der Waals surface area contributed by atoms with Gasteiger partial charge in [-0.2, -0.15) is 0 Å². The minimum Gasteiger partial charge on any atom is -0.497 e. The molecular formula is C28H30N2O11S. The van der Waals surface area contributed by atoms with Gasteiger partial charge in [0.1, 0.15) is 18.0 Å². The third kappa shape index (κ3) is 6.83. The van der Waals surface area contributed by atoms with Crippen molar-refractivity contribution in [3.8, 4) is 23.0 Å². The lowest BCUT2D eigenvalue weighted by atomic mass is 10.1. The van der Waals surface area contributed by atoms with E-state index < -0.39 is 34.4 Å². The summed E-state index contributed by atoms with van der Waals surface area (Å²) in [5, 5.41) is 2.53. The average molecular weight is 603 g/mol. The Morgan fingerprint density at radius 2 is 1.26 bits per heavy atom. The smallest absolute Gasteiger partial charge is 0.337 e. The SMILES string of the molecule is COC(=O)c1cc(NC(=O)CN(c2cc(OC)ccc2OC)S(=O)(=O)c2ccc(OC)c(OC)c2)cc(C(=O)OC)c1. The number of sulfonamides is 1. The number of anilines is 2. The second-order valence-corrected chi connectivity index (χ2v) is 10.3. The predicted octanol–water partition coefficient (Wildman–Crippen LogP) is 3.13. The first kappa shape index (κ1) is 31.5. The molecule has 1 amide bonds. The molecule has 0 radical (unpaired) electrons. The fourth-order valence-corrected chi connectivity index (χ4v) is 5.34. The van der Waals surface area contributed by atoms with E-state index in [-0.39, 0.29) is 38.9 Å². The van der Waals surface area contributed by atoms with Crippen molar-refractivity contribution < 1.29 is 51.2 Å². The van der Waals surface area contributed by atoms with Gasteiger partial charge in [0, 0.05) is 17.8 Å². The van der Waals surface area contributed by atoms with E-state index >= 15 is 0 Å². The molecule has 0 saturated carbocycles. The summed E-state index contributed by atoms with van der Waals surface area (Å²) in [6, 6.07) is 12.2. The molecule has 0 aliphatic carbocycles. The zero-order chi connectivity index (χ0) is 31.0. The number of hydrogen-bond acceptors (Lipinski definition) is 11. The van der Waals surface area contributed by atoms with Crippen LogP contribution >= 0.6 is 0 Å². The van der Waals surface area contributed by atoms with Crippen LogP contribution in [0.25, 0.3) is 0 Å². The maximum Gasteiger partial charge on any atom is 0.337 e. The maximum atomic E-state index is 14.1. The van der Waals surface area contributed by atoms with Crippen LogP contribution in [0.1, 0.15) is 20.7 Å². The maximum absolute atomic E-state index is 14.1. The quantitative estimate of drug-likeness (QED) is 0.304. The number of nitrogens with one attached hydrogen (secondary N) is 1. The van der Waals surface area contributed by atoms with Crippen molar-refractivity contribution in [2.75, 3.05) is 58.8 Å². The van der Waals surface area contributed by atoms with Crippen molar-refractivity contribution in [3.05, 3.63) is 65.7 Å². The van der Waals surface area contributed by atoms with E-state index in [0.29, 0.717) is 11.5 Å². The Morgan fingerprint density at radius 1 is 0.690 bits per heavy atom. The van der Waals surface area contributed by atoms with E-state index in [2.05, 4.69) is 5.32 Å². The Kier molecular flexibility index (Phi) is 10.2. The summed E-state index contributed by atoms with van der Waals surface area (Å²) in [6.07, 6.45) is 0. The standard InChI is InChI=1S/C28H30N2O11S/c1-36-20-7-9-23(37-2)22(14-20)30(42(34,35)21-8-10-24(38-3)25(15-21)39-4)16-26(31)29-19-12-17(27(32)40-5)11-18(13-19)28(33)41-6/h7-15H,16H2,1-6H3,(H,29,31). The number of hydrogen-bond donors (Lipinski definition) is 1. The Bertz CT molecular complexity index is 1550. The summed E-state index contributed by atoms with van der Waals surface area (Å²) in [5.41, 5.74) is -0.0651. The summed E-state index contributed by atoms with van der Waals surface area (Å²) in [7, 11) is 3.37. The van der Waals surface area contributed by atoms with Crippen LogP contribution in [-0.4, -0.2) is 75.5 Å². The summed E-state index contributed by atoms with van der Waals surface area (Å²) >= 11 is 0. The van der Waals surface area contributed by atoms with Gasteiger partial charge < -0.3 is 33.7 Å². The van der Waals surface area contributed by atoms with Crippen LogP contribution in [0.2, 0.25) is 0 Å². The molecule has 0 saturated heterocycles. The second-order valence-electron chi connectivity index (χ2n) is 8.40. The first-order valence-corrected chi connectivity index (χ1v) is 13.5. The minimum atomic E-state index is -4.45. The summed E-state index contributed by atoms with van der Waals surface area (Å²) < 4.78 is 59.6. The molecule has 0 bridgehead atoms. The lowest BCUT2D eigenvalue weighted by Gasteiger charge is -2.26. The van der Waals surface area contributed by atoms with Gasteiger partial charge >= 0.3 is 11.9 Å². The number of carbonyl (C=O) groups excluding carboxylic acids is 3. The van der Waals surface area contributed by atoms with Crippen LogP contribution in [0, 0.1) is 0 Å². The highest BCUT2D eigenvalue weighted by Crippen LogP contribution is 2.37. The Labute approximate surface area is 242 Å². The fourth-order valence-electron chi connectivity index (χ4n) is 3.90. The molecule has 3 rings (SSSR count). The third-order valence-corrected chi connectivity index (χ3v) is 7.70. The van der Waals surface area contributed by atoms with E-state index in [0.717, 1.165) is 18.5 Å². The summed E-state index contributed by atoms with van der Waals surface area (Å²) in [5.74, 6) is -1.48. The molecule has 0 aliphatic rings. The zero-order valence-corrected chi connectivity index (χ0v) is 24.6. The number of ether oxygens (including phenoxy) is 6. The molecule has 1 N–H and O–H groups in total. The highest BCUT2D eigenvalue weighted by atomic mass is 32.2. The van der Waals surface area contributed by atoms with E-state index in [1.807, 2.05) is 0 Å². The molecule has 224 valence electrons. The van der Waals surface area contributed by atoms with Crippen LogP contribution in [0.5, 0.6) is 23.0 Å². The van der Waals surface area contributed by atoms with Gasteiger partial charge in [-0.05, 0) is 42.5 Å². The average Bonchev–Trinajstić information content (AvgIpc) is 3.01. The zero-order valence-electron chi connectivity index (χ0n) is 23.7. The molecule has 0 heterocycles. The van der Waals surface area contributed by atoms with Crippen molar-refractivity contribution >= 4 is 39.2 Å². The molecule has 0 aromatic heterocycles. The predicted molar refractivity (Wildman–Crippen MR) is 151 cm³/mol. The fraction of sp³-hybridized carbons (Fsp3) is 0.250. The van der Waals surface area contributed by atoms with Gasteiger partial charge in [0.25, 0.3) is 10.0 Å². The van der Waals surface area contributed by atoms with Crippen molar-refractivity contribution in [2.45, 2.75) is 4.90 Å². The second kappa shape index (κ2) is 13.6. The number of methoxy groups -OCH3 is 6. The number of amides is 1. The molecule has 0 aliphatic heterocycles. The van der Waals surface area contributed by atoms with E-state index in [1.54, 1.807) is 6.07 Å². The van der Waals surface area contributed by atoms with Crippen LogP contribution in [0.15, 0.2) is 59.5 Å². The van der Waals surface area contributed by atoms with Crippen LogP contribution in [0.3, 0.4) is 0 Å². The number of carbonyl (C=O) groups is 3. The molecule has 14 heteroatoms. The lowest BCUT2D eigenvalue weighted by Crippen LogP contribution is -2.38. The molecule has 13 nitrogen and oxygen atoms in total. The van der Waals surface area contributed by atoms with Gasteiger partial charge in [0.05, 0.1) is 64.4 Å². The normalized spacial score (nSPS) is 10.7. The van der Waals surface area contributed by atoms with Gasteiger partial charge in [0.15, 0.2) is 11.5 Å². The Balaban J connectivity index is 2.11. The summed E-state index contributed by atoms with van der Waals surface area (Å²) in [6.45, 7) is -0.754. The molecule has 3 aromatic carbocycles. The molecular weight excluding hydrogens is 572 g/mol. The molecule has 0 atom stereocenters. The van der Waals surface area contributed by atoms with Crippen molar-refractivity contribution in [2.24, 2.45) is 0 Å². The summed E-state index contributed by atoms with van der Waals surface area (Å²) in [4.78, 5) is 37.5. The Morgan fingerprint density at radius 3 is 1.79 bits per heavy atom. The van der Waals surface area contributed by atoms with Crippen LogP contribution in [0.4, 0.5) is 11.4 Å². The highest BCUT2D eigenvalue weighted by Gasteiger charge is 2.31. The topological polar surface area (TPSA) is 156 Å². The van der Waals surface area contributed by atoms with Crippen molar-refractivity contribution in [1.82, 2.24) is 0 Å².